The SMILES string of the molecule is c1cnc(C2CN(C3CCCC3)CCO2)cn1. The molecule has 1 aromatic rings. The topological polar surface area (TPSA) is 38.2 Å². The molecule has 0 radical (unpaired) electrons. The van der Waals surface area contributed by atoms with Crippen LogP contribution in [0.1, 0.15) is 37.5 Å². The van der Waals surface area contributed by atoms with Crippen LogP contribution >= 0.6 is 0 Å². The second kappa shape index (κ2) is 5.10. The van der Waals surface area contributed by atoms with E-state index in [4.69, 9.17) is 4.74 Å². The maximum absolute atomic E-state index is 5.81. The van der Waals surface area contributed by atoms with Gasteiger partial charge in [0.25, 0.3) is 0 Å². The van der Waals surface area contributed by atoms with Gasteiger partial charge in [-0.2, -0.15) is 0 Å². The van der Waals surface area contributed by atoms with Crippen LogP contribution in [-0.2, 0) is 4.74 Å². The van der Waals surface area contributed by atoms with Crippen LogP contribution in [0.25, 0.3) is 0 Å². The molecule has 0 bridgehead atoms. The minimum absolute atomic E-state index is 0.109. The first-order valence-corrected chi connectivity index (χ1v) is 6.55. The van der Waals surface area contributed by atoms with Crippen LogP contribution in [0.5, 0.6) is 0 Å². The molecule has 0 aromatic carbocycles. The molecule has 0 amide bonds. The predicted molar refractivity (Wildman–Crippen MR) is 64.6 cm³/mol. The van der Waals surface area contributed by atoms with Gasteiger partial charge in [0.2, 0.25) is 0 Å². The van der Waals surface area contributed by atoms with Crippen LogP contribution in [0.2, 0.25) is 0 Å². The van der Waals surface area contributed by atoms with Crippen molar-refractivity contribution in [3.63, 3.8) is 0 Å². The molecule has 1 saturated carbocycles. The van der Waals surface area contributed by atoms with Crippen LogP contribution in [0.4, 0.5) is 0 Å². The summed E-state index contributed by atoms with van der Waals surface area (Å²) in [6.07, 6.45) is 10.9. The van der Waals surface area contributed by atoms with E-state index in [0.29, 0.717) is 0 Å². The molecule has 92 valence electrons. The summed E-state index contributed by atoms with van der Waals surface area (Å²) in [4.78, 5) is 11.0. The zero-order valence-electron chi connectivity index (χ0n) is 10.1. The van der Waals surface area contributed by atoms with Crippen molar-refractivity contribution in [1.29, 1.82) is 0 Å². The molecule has 2 fully saturated rings. The number of hydrogen-bond donors (Lipinski definition) is 0. The highest BCUT2D eigenvalue weighted by Gasteiger charge is 2.29. The quantitative estimate of drug-likeness (QED) is 0.780. The van der Waals surface area contributed by atoms with Crippen molar-refractivity contribution in [2.24, 2.45) is 0 Å². The summed E-state index contributed by atoms with van der Waals surface area (Å²) in [5.41, 5.74) is 0.968. The Hall–Kier alpha value is -1.00. The number of rotatable bonds is 2. The molecule has 1 aromatic heterocycles. The van der Waals surface area contributed by atoms with Gasteiger partial charge in [0.15, 0.2) is 0 Å². The summed E-state index contributed by atoms with van der Waals surface area (Å²) in [7, 11) is 0. The van der Waals surface area contributed by atoms with E-state index in [1.54, 1.807) is 12.4 Å². The standard InChI is InChI=1S/C13H19N3O/c1-2-4-11(3-1)16-7-8-17-13(10-16)12-9-14-5-6-15-12/h5-6,9,11,13H,1-4,7-8,10H2. The van der Waals surface area contributed by atoms with Crippen LogP contribution in [0, 0.1) is 0 Å². The van der Waals surface area contributed by atoms with Gasteiger partial charge in [-0.05, 0) is 12.8 Å². The van der Waals surface area contributed by atoms with Gasteiger partial charge in [-0.1, -0.05) is 12.8 Å². The lowest BCUT2D eigenvalue weighted by Gasteiger charge is -2.36. The van der Waals surface area contributed by atoms with E-state index in [9.17, 15) is 0 Å². The Morgan fingerprint density at radius 2 is 2.12 bits per heavy atom. The van der Waals surface area contributed by atoms with Gasteiger partial charge in [-0.25, -0.2) is 0 Å². The Morgan fingerprint density at radius 1 is 1.24 bits per heavy atom. The van der Waals surface area contributed by atoms with Crippen LogP contribution in [0.15, 0.2) is 18.6 Å². The molecule has 2 aliphatic rings. The normalized spacial score (nSPS) is 27.4. The third-order valence-electron chi connectivity index (χ3n) is 3.85. The minimum atomic E-state index is 0.109. The van der Waals surface area contributed by atoms with Crippen molar-refractivity contribution in [3.8, 4) is 0 Å². The summed E-state index contributed by atoms with van der Waals surface area (Å²) in [6.45, 7) is 2.86. The summed E-state index contributed by atoms with van der Waals surface area (Å²) >= 11 is 0. The second-order valence-corrected chi connectivity index (χ2v) is 4.92. The third-order valence-corrected chi connectivity index (χ3v) is 3.85. The first-order valence-electron chi connectivity index (χ1n) is 6.55. The van der Waals surface area contributed by atoms with Gasteiger partial charge >= 0.3 is 0 Å². The van der Waals surface area contributed by atoms with Crippen molar-refractivity contribution in [2.75, 3.05) is 19.7 Å². The molecule has 1 saturated heterocycles. The number of aromatic nitrogens is 2. The highest BCUT2D eigenvalue weighted by atomic mass is 16.5. The highest BCUT2D eigenvalue weighted by molar-refractivity contribution is 5.02. The Balaban J connectivity index is 1.67. The molecule has 4 nitrogen and oxygen atoms in total. The Kier molecular flexibility index (Phi) is 3.34. The van der Waals surface area contributed by atoms with Gasteiger partial charge in [-0.15, -0.1) is 0 Å². The van der Waals surface area contributed by atoms with E-state index in [0.717, 1.165) is 31.4 Å². The van der Waals surface area contributed by atoms with E-state index in [1.807, 2.05) is 6.20 Å². The molecule has 1 atom stereocenters. The molecular weight excluding hydrogens is 214 g/mol. The zero-order valence-corrected chi connectivity index (χ0v) is 10.1. The van der Waals surface area contributed by atoms with Gasteiger partial charge in [0.05, 0.1) is 18.5 Å². The van der Waals surface area contributed by atoms with E-state index in [-0.39, 0.29) is 6.10 Å². The summed E-state index contributed by atoms with van der Waals surface area (Å²) < 4.78 is 5.81. The molecule has 1 aliphatic heterocycles. The molecule has 2 heterocycles. The van der Waals surface area contributed by atoms with E-state index < -0.39 is 0 Å². The van der Waals surface area contributed by atoms with Crippen molar-refractivity contribution < 1.29 is 4.74 Å². The Bertz CT molecular complexity index is 351. The number of hydrogen-bond acceptors (Lipinski definition) is 4. The van der Waals surface area contributed by atoms with Crippen molar-refractivity contribution in [2.45, 2.75) is 37.8 Å². The van der Waals surface area contributed by atoms with Gasteiger partial charge in [0.1, 0.15) is 6.10 Å². The molecule has 1 unspecified atom stereocenters. The van der Waals surface area contributed by atoms with Crippen molar-refractivity contribution in [3.05, 3.63) is 24.3 Å². The van der Waals surface area contributed by atoms with Crippen molar-refractivity contribution in [1.82, 2.24) is 14.9 Å². The molecule has 0 spiro atoms. The highest BCUT2D eigenvalue weighted by Crippen LogP contribution is 2.28. The van der Waals surface area contributed by atoms with Gasteiger partial charge < -0.3 is 4.74 Å². The van der Waals surface area contributed by atoms with Crippen LogP contribution in [-0.4, -0.2) is 40.6 Å². The first-order chi connectivity index (χ1) is 8.43. The molecule has 3 rings (SSSR count). The first kappa shape index (κ1) is 11.1. The maximum Gasteiger partial charge on any atom is 0.114 e. The molecular formula is C13H19N3O. The van der Waals surface area contributed by atoms with Crippen molar-refractivity contribution >= 4 is 0 Å². The molecule has 1 aliphatic carbocycles. The number of nitrogens with zero attached hydrogens (tertiary/aromatic N) is 3. The van der Waals surface area contributed by atoms with Crippen LogP contribution < -0.4 is 0 Å². The fraction of sp³-hybridized carbons (Fsp3) is 0.692. The maximum atomic E-state index is 5.81. The van der Waals surface area contributed by atoms with E-state index >= 15 is 0 Å². The lowest BCUT2D eigenvalue weighted by molar-refractivity contribution is -0.0461. The smallest absolute Gasteiger partial charge is 0.114 e. The fourth-order valence-corrected chi connectivity index (χ4v) is 2.93. The number of ether oxygens (including phenoxy) is 1. The minimum Gasteiger partial charge on any atom is -0.369 e. The average Bonchev–Trinajstić information content (AvgIpc) is 2.94. The fourth-order valence-electron chi connectivity index (χ4n) is 2.93. The molecule has 0 N–H and O–H groups in total. The van der Waals surface area contributed by atoms with Gasteiger partial charge in [-0.3, -0.25) is 14.9 Å². The average molecular weight is 233 g/mol. The summed E-state index contributed by atoms with van der Waals surface area (Å²) in [6, 6.07) is 0.776. The molecule has 17 heavy (non-hydrogen) atoms. The van der Waals surface area contributed by atoms with Crippen LogP contribution in [0.3, 0.4) is 0 Å². The molecule has 4 heteroatoms. The Labute approximate surface area is 102 Å². The predicted octanol–water partition coefficient (Wildman–Crippen LogP) is 1.79. The monoisotopic (exact) mass is 233 g/mol. The zero-order chi connectivity index (χ0) is 11.5. The van der Waals surface area contributed by atoms with E-state index in [1.165, 1.54) is 25.7 Å². The van der Waals surface area contributed by atoms with Gasteiger partial charge in [0, 0.05) is 31.5 Å². The summed E-state index contributed by atoms with van der Waals surface area (Å²) in [5, 5.41) is 0. The number of morpholine rings is 1. The lowest BCUT2D eigenvalue weighted by Crippen LogP contribution is -2.43. The summed E-state index contributed by atoms with van der Waals surface area (Å²) in [5.74, 6) is 0. The Morgan fingerprint density at radius 3 is 2.88 bits per heavy atom. The van der Waals surface area contributed by atoms with E-state index in [2.05, 4.69) is 14.9 Å². The lowest BCUT2D eigenvalue weighted by atomic mass is 10.1. The second-order valence-electron chi connectivity index (χ2n) is 4.92. The largest absolute Gasteiger partial charge is 0.369 e. The third kappa shape index (κ3) is 2.48.